The molecule has 9 heteroatoms. The molecule has 216 valence electrons. The minimum atomic E-state index is -1.14. The second-order valence-electron chi connectivity index (χ2n) is 10.7. The predicted molar refractivity (Wildman–Crippen MR) is 157 cm³/mol. The Balaban J connectivity index is 1.65. The van der Waals surface area contributed by atoms with Gasteiger partial charge in [0.15, 0.2) is 11.6 Å². The summed E-state index contributed by atoms with van der Waals surface area (Å²) >= 11 is 0. The number of aromatic nitrogens is 1. The number of esters is 1. The lowest BCUT2D eigenvalue weighted by molar-refractivity contribution is -0.142. The van der Waals surface area contributed by atoms with Gasteiger partial charge in [-0.2, -0.15) is 0 Å². The summed E-state index contributed by atoms with van der Waals surface area (Å²) in [6, 6.07) is 12.0. The van der Waals surface area contributed by atoms with Gasteiger partial charge in [-0.05, 0) is 70.5 Å². The number of aryl methyl sites for hydroxylation is 1. The molecule has 0 bridgehead atoms. The Kier molecular flexibility index (Phi) is 9.38. The van der Waals surface area contributed by atoms with E-state index in [2.05, 4.69) is 4.98 Å². The first kappa shape index (κ1) is 30.1. The van der Waals surface area contributed by atoms with Gasteiger partial charge in [-0.1, -0.05) is 12.1 Å². The summed E-state index contributed by atoms with van der Waals surface area (Å²) in [5.74, 6) is -0.321. The molecule has 7 nitrogen and oxygen atoms in total. The summed E-state index contributed by atoms with van der Waals surface area (Å²) in [6.45, 7) is 9.22. The lowest BCUT2D eigenvalue weighted by Crippen LogP contribution is -2.25. The maximum absolute atomic E-state index is 15.8. The van der Waals surface area contributed by atoms with Gasteiger partial charge in [-0.25, -0.2) is 4.39 Å². The Morgan fingerprint density at radius 3 is 2.56 bits per heavy atom. The molecule has 0 unspecified atom stereocenters. The van der Waals surface area contributed by atoms with Crippen molar-refractivity contribution in [1.82, 2.24) is 4.98 Å². The third-order valence-electron chi connectivity index (χ3n) is 6.58. The van der Waals surface area contributed by atoms with Crippen molar-refractivity contribution in [3.05, 3.63) is 83.1 Å². The average molecular weight is 580 g/mol. The summed E-state index contributed by atoms with van der Waals surface area (Å²) in [4.78, 5) is 28.4. The van der Waals surface area contributed by atoms with Gasteiger partial charge in [0, 0.05) is 61.6 Å². The maximum Gasteiger partial charge on any atom is 0.310 e. The number of carbonyl (C=O) groups is 2. The molecule has 2 aromatic heterocycles. The van der Waals surface area contributed by atoms with Gasteiger partial charge in [0.2, 0.25) is 0 Å². The number of fused-ring (bicyclic) bond motifs is 1. The molecule has 4 rings (SSSR count). The van der Waals surface area contributed by atoms with Gasteiger partial charge in [-0.3, -0.25) is 18.8 Å². The van der Waals surface area contributed by atoms with Crippen molar-refractivity contribution in [3.63, 3.8) is 0 Å². The molecule has 0 saturated carbocycles. The van der Waals surface area contributed by atoms with Crippen LogP contribution < -0.4 is 4.74 Å². The topological polar surface area (TPSA) is 95.7 Å². The van der Waals surface area contributed by atoms with Crippen molar-refractivity contribution in [2.24, 2.45) is 0 Å². The number of furan rings is 1. The molecule has 41 heavy (non-hydrogen) atoms. The number of pyridine rings is 1. The fraction of sp³-hybridized carbons (Fsp3) is 0.344. The smallest absolute Gasteiger partial charge is 0.310 e. The normalized spacial score (nSPS) is 12.3. The molecule has 0 spiro atoms. The molecule has 0 aliphatic rings. The van der Waals surface area contributed by atoms with Crippen LogP contribution in [0.2, 0.25) is 0 Å². The number of halogens is 1. The number of benzene rings is 2. The van der Waals surface area contributed by atoms with Crippen LogP contribution in [0.15, 0.2) is 59.3 Å². The zero-order valence-electron chi connectivity index (χ0n) is 23.9. The molecule has 0 aliphatic carbocycles. The Bertz CT molecular complexity index is 1600. The first-order chi connectivity index (χ1) is 19.5. The van der Waals surface area contributed by atoms with Gasteiger partial charge in [0.25, 0.3) is 0 Å². The molecule has 2 heterocycles. The van der Waals surface area contributed by atoms with Crippen LogP contribution in [0, 0.1) is 5.82 Å². The quantitative estimate of drug-likeness (QED) is 0.146. The molecule has 0 amide bonds. The second-order valence-corrected chi connectivity index (χ2v) is 13.0. The zero-order chi connectivity index (χ0) is 29.7. The summed E-state index contributed by atoms with van der Waals surface area (Å²) in [7, 11) is -1.14. The van der Waals surface area contributed by atoms with Gasteiger partial charge in [0.1, 0.15) is 17.9 Å². The van der Waals surface area contributed by atoms with E-state index in [1.54, 1.807) is 55.8 Å². The standard InChI is InChI=1S/C32H34FNO6S/c1-6-38-29(36)18-23-8-7-22(20(2)35)17-28(23)40-19-21-15-24-10-13-39-31(24)26(16-21)25-9-12-34-27(30(25)33)11-14-41(37)32(3,4)5/h7-10,12-13,15-17H,6,11,14,18-19H2,1-5H3/t41-/m1/s1. The second kappa shape index (κ2) is 12.8. The van der Waals surface area contributed by atoms with Gasteiger partial charge >= 0.3 is 5.97 Å². The highest BCUT2D eigenvalue weighted by molar-refractivity contribution is 7.86. The van der Waals surface area contributed by atoms with E-state index in [0.29, 0.717) is 39.3 Å². The molecular formula is C32H34FNO6S. The number of ketones is 1. The molecule has 0 radical (unpaired) electrons. The van der Waals surface area contributed by atoms with E-state index in [4.69, 9.17) is 13.9 Å². The number of rotatable bonds is 11. The van der Waals surface area contributed by atoms with Crippen LogP contribution in [0.25, 0.3) is 22.1 Å². The van der Waals surface area contributed by atoms with Gasteiger partial charge in [-0.15, -0.1) is 0 Å². The minimum Gasteiger partial charge on any atom is -0.489 e. The number of ether oxygens (including phenoxy) is 2. The fourth-order valence-corrected chi connectivity index (χ4v) is 5.37. The SMILES string of the molecule is CCOC(=O)Cc1ccc(C(C)=O)cc1OCc1cc(-c2ccnc(CC[S@@](=O)C(C)(C)C)c2F)c2occc2c1. The van der Waals surface area contributed by atoms with Crippen LogP contribution in [0.5, 0.6) is 5.75 Å². The van der Waals surface area contributed by atoms with Crippen LogP contribution >= 0.6 is 0 Å². The molecule has 0 saturated heterocycles. The van der Waals surface area contributed by atoms with Crippen molar-refractivity contribution >= 4 is 33.5 Å². The number of nitrogens with zero attached hydrogens (tertiary/aromatic N) is 1. The van der Waals surface area contributed by atoms with Gasteiger partial charge in [0.05, 0.1) is 25.0 Å². The van der Waals surface area contributed by atoms with E-state index in [0.717, 1.165) is 10.9 Å². The fourth-order valence-electron chi connectivity index (χ4n) is 4.37. The molecule has 2 aromatic carbocycles. The Labute approximate surface area is 241 Å². The van der Waals surface area contributed by atoms with Crippen LogP contribution in [0.1, 0.15) is 61.8 Å². The Morgan fingerprint density at radius 2 is 1.85 bits per heavy atom. The highest BCUT2D eigenvalue weighted by Crippen LogP contribution is 2.34. The molecule has 0 fully saturated rings. The summed E-state index contributed by atoms with van der Waals surface area (Å²) in [5.41, 5.74) is 3.40. The van der Waals surface area contributed by atoms with E-state index >= 15 is 4.39 Å². The third kappa shape index (κ3) is 7.27. The van der Waals surface area contributed by atoms with Crippen LogP contribution in [-0.2, 0) is 39.8 Å². The average Bonchev–Trinajstić information content (AvgIpc) is 3.39. The monoisotopic (exact) mass is 579 g/mol. The predicted octanol–water partition coefficient (Wildman–Crippen LogP) is 6.61. The first-order valence-electron chi connectivity index (χ1n) is 13.4. The molecule has 4 aromatic rings. The van der Waals surface area contributed by atoms with E-state index in [-0.39, 0.29) is 37.5 Å². The number of hydrogen-bond donors (Lipinski definition) is 0. The van der Waals surface area contributed by atoms with Crippen molar-refractivity contribution in [2.45, 2.75) is 58.8 Å². The molecule has 0 aliphatic heterocycles. The first-order valence-corrected chi connectivity index (χ1v) is 14.7. The largest absolute Gasteiger partial charge is 0.489 e. The van der Waals surface area contributed by atoms with E-state index < -0.39 is 27.3 Å². The Hall–Kier alpha value is -3.85. The molecular weight excluding hydrogens is 545 g/mol. The third-order valence-corrected chi connectivity index (χ3v) is 8.52. The van der Waals surface area contributed by atoms with Gasteiger partial charge < -0.3 is 13.9 Å². The Morgan fingerprint density at radius 1 is 1.07 bits per heavy atom. The van der Waals surface area contributed by atoms with Crippen LogP contribution in [0.3, 0.4) is 0 Å². The van der Waals surface area contributed by atoms with Crippen LogP contribution in [-0.4, -0.2) is 38.1 Å². The van der Waals surface area contributed by atoms with Crippen molar-refractivity contribution in [2.75, 3.05) is 12.4 Å². The maximum atomic E-state index is 15.8. The molecule has 0 N–H and O–H groups in total. The zero-order valence-corrected chi connectivity index (χ0v) is 24.7. The number of hydrogen-bond acceptors (Lipinski definition) is 7. The summed E-state index contributed by atoms with van der Waals surface area (Å²) in [5, 5.41) is 0.761. The summed E-state index contributed by atoms with van der Waals surface area (Å²) in [6.07, 6.45) is 3.32. The van der Waals surface area contributed by atoms with E-state index in [9.17, 15) is 13.8 Å². The lowest BCUT2D eigenvalue weighted by atomic mass is 9.99. The van der Waals surface area contributed by atoms with Crippen molar-refractivity contribution in [1.29, 1.82) is 0 Å². The van der Waals surface area contributed by atoms with Crippen LogP contribution in [0.4, 0.5) is 4.39 Å². The lowest BCUT2D eigenvalue weighted by Gasteiger charge is -2.17. The van der Waals surface area contributed by atoms with Crippen molar-refractivity contribution < 1.29 is 32.1 Å². The van der Waals surface area contributed by atoms with E-state index in [1.807, 2.05) is 26.8 Å². The highest BCUT2D eigenvalue weighted by Gasteiger charge is 2.22. The molecule has 1 atom stereocenters. The number of Topliss-reactive ketones (excluding diaryl/α,β-unsaturated/α-hetero) is 1. The highest BCUT2D eigenvalue weighted by atomic mass is 32.2. The van der Waals surface area contributed by atoms with E-state index in [1.165, 1.54) is 6.92 Å². The summed E-state index contributed by atoms with van der Waals surface area (Å²) < 4.78 is 44.8. The van der Waals surface area contributed by atoms with Crippen molar-refractivity contribution in [3.8, 4) is 16.9 Å². The number of carbonyl (C=O) groups excluding carboxylic acids is 2. The minimum absolute atomic E-state index is 0.00161.